The van der Waals surface area contributed by atoms with Gasteiger partial charge in [-0.05, 0) is 11.6 Å². The Kier molecular flexibility index (Phi) is 6.70. The van der Waals surface area contributed by atoms with Crippen LogP contribution in [0.5, 0.6) is 0 Å². The molecule has 0 bridgehead atoms. The van der Waals surface area contributed by atoms with E-state index in [4.69, 9.17) is 9.94 Å². The van der Waals surface area contributed by atoms with Crippen LogP contribution in [-0.4, -0.2) is 34.2 Å². The number of hydrogen-bond acceptors (Lipinski definition) is 6. The fourth-order valence-electron chi connectivity index (χ4n) is 1.73. The third-order valence-electron chi connectivity index (χ3n) is 2.85. The van der Waals surface area contributed by atoms with E-state index in [2.05, 4.69) is 15.3 Å². The van der Waals surface area contributed by atoms with Crippen LogP contribution in [0.2, 0.25) is 0 Å². The van der Waals surface area contributed by atoms with Crippen LogP contribution in [0.25, 0.3) is 6.08 Å². The van der Waals surface area contributed by atoms with Crippen LogP contribution in [0.1, 0.15) is 11.3 Å². The van der Waals surface area contributed by atoms with Crippen LogP contribution in [0, 0.1) is 0 Å². The summed E-state index contributed by atoms with van der Waals surface area (Å²) in [5.41, 5.74) is 3.15. The fraction of sp³-hybridized carbons (Fsp3) is 0.188. The van der Waals surface area contributed by atoms with Crippen molar-refractivity contribution >= 4 is 17.8 Å². The van der Waals surface area contributed by atoms with E-state index in [1.54, 1.807) is 6.20 Å². The van der Waals surface area contributed by atoms with Crippen LogP contribution >= 0.6 is 0 Å². The molecule has 1 aromatic heterocycles. The molecule has 0 saturated heterocycles. The van der Waals surface area contributed by atoms with Crippen molar-refractivity contribution in [1.29, 1.82) is 0 Å². The number of anilines is 1. The highest BCUT2D eigenvalue weighted by atomic mass is 16.5. The third-order valence-corrected chi connectivity index (χ3v) is 2.85. The lowest BCUT2D eigenvalue weighted by Crippen LogP contribution is -2.14. The maximum absolute atomic E-state index is 10.8. The monoisotopic (exact) mass is 314 g/mol. The standard InChI is InChI=1S/C16H18N4O3/c21-16(20-22)7-6-14-10-19-15(11-18-14)17-8-9-23-12-13-4-2-1-3-5-13/h1-7,10-11,22H,8-9,12H2,(H,17,19)(H,20,21). The average Bonchev–Trinajstić information content (AvgIpc) is 2.61. The Morgan fingerprint density at radius 1 is 1.22 bits per heavy atom. The van der Waals surface area contributed by atoms with Crippen molar-refractivity contribution in [2.24, 2.45) is 0 Å². The first-order valence-electron chi connectivity index (χ1n) is 7.07. The molecule has 0 unspecified atom stereocenters. The Labute approximate surface area is 134 Å². The lowest BCUT2D eigenvalue weighted by atomic mass is 10.2. The van der Waals surface area contributed by atoms with Gasteiger partial charge in [-0.2, -0.15) is 0 Å². The number of ether oxygens (including phenoxy) is 1. The van der Waals surface area contributed by atoms with Crippen molar-refractivity contribution in [3.63, 3.8) is 0 Å². The van der Waals surface area contributed by atoms with Gasteiger partial charge in [0.1, 0.15) is 5.82 Å². The molecule has 7 nitrogen and oxygen atoms in total. The number of nitrogens with zero attached hydrogens (tertiary/aromatic N) is 2. The first kappa shape index (κ1) is 16.6. The molecule has 0 fully saturated rings. The molecule has 0 aliphatic heterocycles. The molecule has 1 heterocycles. The molecule has 0 spiro atoms. The minimum absolute atomic E-state index is 0.513. The molecule has 0 aliphatic carbocycles. The zero-order valence-electron chi connectivity index (χ0n) is 12.5. The summed E-state index contributed by atoms with van der Waals surface area (Å²) >= 11 is 0. The molecule has 0 atom stereocenters. The molecular weight excluding hydrogens is 296 g/mol. The summed E-state index contributed by atoms with van der Waals surface area (Å²) in [7, 11) is 0. The average molecular weight is 314 g/mol. The number of rotatable bonds is 8. The summed E-state index contributed by atoms with van der Waals surface area (Å²) < 4.78 is 5.55. The Balaban J connectivity index is 1.68. The Morgan fingerprint density at radius 2 is 2.04 bits per heavy atom. The number of carbonyl (C=O) groups is 1. The van der Waals surface area contributed by atoms with E-state index in [0.717, 1.165) is 11.6 Å². The Bertz CT molecular complexity index is 630. The van der Waals surface area contributed by atoms with E-state index in [1.807, 2.05) is 30.3 Å². The van der Waals surface area contributed by atoms with Crippen LogP contribution in [0.3, 0.4) is 0 Å². The molecule has 0 radical (unpaired) electrons. The molecule has 1 amide bonds. The number of aromatic nitrogens is 2. The molecule has 1 aromatic carbocycles. The Morgan fingerprint density at radius 3 is 2.74 bits per heavy atom. The zero-order chi connectivity index (χ0) is 16.3. The molecule has 0 saturated carbocycles. The molecule has 2 aromatic rings. The van der Waals surface area contributed by atoms with Gasteiger partial charge in [-0.3, -0.25) is 15.0 Å². The van der Waals surface area contributed by atoms with E-state index >= 15 is 0 Å². The van der Waals surface area contributed by atoms with E-state index < -0.39 is 5.91 Å². The highest BCUT2D eigenvalue weighted by Crippen LogP contribution is 2.03. The maximum atomic E-state index is 10.8. The number of nitrogens with one attached hydrogen (secondary N) is 2. The number of amides is 1. The quantitative estimate of drug-likeness (QED) is 0.296. The first-order valence-corrected chi connectivity index (χ1v) is 7.07. The van der Waals surface area contributed by atoms with Crippen molar-refractivity contribution in [3.8, 4) is 0 Å². The number of carbonyl (C=O) groups excluding carboxylic acids is 1. The Hall–Kier alpha value is -2.77. The fourth-order valence-corrected chi connectivity index (χ4v) is 1.73. The third kappa shape index (κ3) is 6.25. The van der Waals surface area contributed by atoms with Crippen molar-refractivity contribution in [2.75, 3.05) is 18.5 Å². The molecule has 23 heavy (non-hydrogen) atoms. The van der Waals surface area contributed by atoms with Crippen molar-refractivity contribution in [3.05, 3.63) is 60.1 Å². The van der Waals surface area contributed by atoms with Gasteiger partial charge in [0.15, 0.2) is 0 Å². The summed E-state index contributed by atoms with van der Waals surface area (Å²) in [5.74, 6) is 0.00152. The van der Waals surface area contributed by atoms with Crippen LogP contribution in [0.15, 0.2) is 48.8 Å². The molecule has 120 valence electrons. The van der Waals surface area contributed by atoms with Gasteiger partial charge in [-0.1, -0.05) is 30.3 Å². The molecule has 7 heteroatoms. The number of benzene rings is 1. The normalized spacial score (nSPS) is 10.7. The number of hydrogen-bond donors (Lipinski definition) is 3. The van der Waals surface area contributed by atoms with Gasteiger partial charge in [-0.25, -0.2) is 10.5 Å². The summed E-state index contributed by atoms with van der Waals surface area (Å²) in [5, 5.41) is 11.5. The summed E-state index contributed by atoms with van der Waals surface area (Å²) in [6.07, 6.45) is 5.70. The van der Waals surface area contributed by atoms with Gasteiger partial charge in [0.05, 0.1) is 31.3 Å². The van der Waals surface area contributed by atoms with Crippen LogP contribution < -0.4 is 10.8 Å². The van der Waals surface area contributed by atoms with Gasteiger partial charge in [0, 0.05) is 12.6 Å². The highest BCUT2D eigenvalue weighted by Gasteiger charge is 1.97. The summed E-state index contributed by atoms with van der Waals surface area (Å²) in [6.45, 7) is 1.74. The molecule has 3 N–H and O–H groups in total. The first-order chi connectivity index (χ1) is 11.3. The molecule has 0 aliphatic rings. The zero-order valence-corrected chi connectivity index (χ0v) is 12.5. The second-order valence-corrected chi connectivity index (χ2v) is 4.60. The van der Waals surface area contributed by atoms with Crippen molar-refractivity contribution in [1.82, 2.24) is 15.4 Å². The summed E-state index contributed by atoms with van der Waals surface area (Å²) in [4.78, 5) is 19.1. The minimum Gasteiger partial charge on any atom is -0.375 e. The van der Waals surface area contributed by atoms with Gasteiger partial charge < -0.3 is 10.1 Å². The smallest absolute Gasteiger partial charge is 0.267 e. The molecule has 2 rings (SSSR count). The summed E-state index contributed by atoms with van der Waals surface area (Å²) in [6, 6.07) is 9.96. The van der Waals surface area contributed by atoms with E-state index in [9.17, 15) is 4.79 Å². The van der Waals surface area contributed by atoms with E-state index in [1.165, 1.54) is 17.8 Å². The van der Waals surface area contributed by atoms with Crippen LogP contribution in [-0.2, 0) is 16.1 Å². The topological polar surface area (TPSA) is 96.4 Å². The minimum atomic E-state index is -0.621. The predicted octanol–water partition coefficient (Wildman–Crippen LogP) is 1.62. The lowest BCUT2D eigenvalue weighted by Gasteiger charge is -2.06. The van der Waals surface area contributed by atoms with Gasteiger partial charge in [-0.15, -0.1) is 0 Å². The van der Waals surface area contributed by atoms with Gasteiger partial charge in [0.2, 0.25) is 0 Å². The second kappa shape index (κ2) is 9.29. The van der Waals surface area contributed by atoms with E-state index in [0.29, 0.717) is 31.3 Å². The molecular formula is C16H18N4O3. The highest BCUT2D eigenvalue weighted by molar-refractivity contribution is 5.90. The van der Waals surface area contributed by atoms with Gasteiger partial charge >= 0.3 is 0 Å². The largest absolute Gasteiger partial charge is 0.375 e. The SMILES string of the molecule is O=C(C=Cc1cnc(NCCOCc2ccccc2)cn1)NO. The maximum Gasteiger partial charge on any atom is 0.267 e. The van der Waals surface area contributed by atoms with Crippen molar-refractivity contribution < 1.29 is 14.7 Å². The number of hydroxylamine groups is 1. The van der Waals surface area contributed by atoms with Gasteiger partial charge in [0.25, 0.3) is 5.91 Å². The van der Waals surface area contributed by atoms with E-state index in [-0.39, 0.29) is 0 Å². The van der Waals surface area contributed by atoms with Crippen molar-refractivity contribution in [2.45, 2.75) is 6.61 Å². The second-order valence-electron chi connectivity index (χ2n) is 4.60. The lowest BCUT2D eigenvalue weighted by molar-refractivity contribution is -0.124. The predicted molar refractivity (Wildman–Crippen MR) is 85.6 cm³/mol. The van der Waals surface area contributed by atoms with Crippen LogP contribution in [0.4, 0.5) is 5.82 Å².